The summed E-state index contributed by atoms with van der Waals surface area (Å²) in [7, 11) is 4.55. The zero-order valence-corrected chi connectivity index (χ0v) is 21.9. The highest BCUT2D eigenvalue weighted by atomic mass is 16.8. The molecule has 0 aromatic heterocycles. The lowest BCUT2D eigenvalue weighted by Crippen LogP contribution is -2.30. The van der Waals surface area contributed by atoms with Crippen molar-refractivity contribution in [2.45, 2.75) is 58.2 Å². The van der Waals surface area contributed by atoms with Crippen molar-refractivity contribution in [1.82, 2.24) is 0 Å². The van der Waals surface area contributed by atoms with E-state index in [1.807, 2.05) is 6.92 Å². The molecule has 1 aromatic rings. The average molecular weight is 499 g/mol. The van der Waals surface area contributed by atoms with E-state index in [4.69, 9.17) is 23.7 Å². The molecule has 0 spiro atoms. The number of cyclic esters (lactones) is 1. The lowest BCUT2D eigenvalue weighted by atomic mass is 9.99. The predicted octanol–water partition coefficient (Wildman–Crippen LogP) is 3.10. The van der Waals surface area contributed by atoms with E-state index in [-0.39, 0.29) is 35.6 Å². The maximum absolute atomic E-state index is 13.4. The number of carbonyl (C=O) groups excluding carboxylic acids is 3. The number of ketones is 1. The Morgan fingerprint density at radius 2 is 1.92 bits per heavy atom. The molecule has 3 rings (SSSR count). The normalized spacial score (nSPS) is 27.7. The number of nitrogens with zero attached hydrogens (tertiary/aromatic N) is 1. The van der Waals surface area contributed by atoms with Crippen LogP contribution in [0.5, 0.6) is 5.75 Å². The fourth-order valence-electron chi connectivity index (χ4n) is 3.99. The van der Waals surface area contributed by atoms with Gasteiger partial charge in [-0.3, -0.25) is 9.59 Å². The predicted molar refractivity (Wildman–Crippen MR) is 137 cm³/mol. The van der Waals surface area contributed by atoms with Crippen molar-refractivity contribution in [2.24, 2.45) is 5.92 Å². The minimum absolute atomic E-state index is 0.0997. The van der Waals surface area contributed by atoms with Gasteiger partial charge in [0.2, 0.25) is 7.85 Å². The van der Waals surface area contributed by atoms with Gasteiger partial charge in [-0.05, 0) is 44.9 Å². The van der Waals surface area contributed by atoms with Crippen LogP contribution in [0.4, 0.5) is 10.5 Å². The molecule has 9 nitrogen and oxygen atoms in total. The van der Waals surface area contributed by atoms with Gasteiger partial charge in [0.25, 0.3) is 0 Å². The van der Waals surface area contributed by atoms with E-state index < -0.39 is 30.1 Å². The molecule has 0 saturated carbocycles. The highest BCUT2D eigenvalue weighted by Crippen LogP contribution is 2.34. The van der Waals surface area contributed by atoms with E-state index in [2.05, 4.69) is 0 Å². The summed E-state index contributed by atoms with van der Waals surface area (Å²) in [5, 5.41) is 0. The van der Waals surface area contributed by atoms with Crippen molar-refractivity contribution < 1.29 is 38.1 Å². The fraction of sp³-hybridized carbons (Fsp3) is 0.500. The minimum Gasteiger partial charge on any atom is -0.467 e. The van der Waals surface area contributed by atoms with Crippen LogP contribution in [-0.4, -0.2) is 70.5 Å². The quantitative estimate of drug-likeness (QED) is 0.354. The lowest BCUT2D eigenvalue weighted by molar-refractivity contribution is -0.152. The molecule has 36 heavy (non-hydrogen) atoms. The topological polar surface area (TPSA) is 101 Å². The monoisotopic (exact) mass is 499 g/mol. The molecule has 0 bridgehead atoms. The van der Waals surface area contributed by atoms with Gasteiger partial charge in [0.15, 0.2) is 24.2 Å². The summed E-state index contributed by atoms with van der Waals surface area (Å²) in [5.74, 6) is -1.91. The first-order valence-electron chi connectivity index (χ1n) is 11.9. The third kappa shape index (κ3) is 6.43. The third-order valence-corrected chi connectivity index (χ3v) is 6.24. The zero-order chi connectivity index (χ0) is 26.6. The number of methoxy groups -OCH3 is 1. The second-order valence-corrected chi connectivity index (χ2v) is 9.50. The number of amides is 1. The first-order valence-corrected chi connectivity index (χ1v) is 11.9. The van der Waals surface area contributed by atoms with Crippen LogP contribution in [0.15, 0.2) is 30.4 Å². The Morgan fingerprint density at radius 1 is 1.19 bits per heavy atom. The minimum atomic E-state index is -0.908. The molecule has 1 unspecified atom stereocenters. The van der Waals surface area contributed by atoms with Gasteiger partial charge >= 0.3 is 5.97 Å². The Morgan fingerprint density at radius 3 is 2.58 bits per heavy atom. The molecule has 2 heterocycles. The second kappa shape index (κ2) is 11.4. The van der Waals surface area contributed by atoms with Gasteiger partial charge in [-0.2, -0.15) is 0 Å². The number of esters is 1. The maximum Gasteiger partial charge on any atom is 0.342 e. The number of anilines is 1. The number of hydrogen-bond acceptors (Lipinski definition) is 8. The molecule has 194 valence electrons. The summed E-state index contributed by atoms with van der Waals surface area (Å²) in [6.45, 7) is 7.05. The van der Waals surface area contributed by atoms with Crippen molar-refractivity contribution in [1.29, 1.82) is 0 Å². The Labute approximate surface area is 212 Å². The highest BCUT2D eigenvalue weighted by Gasteiger charge is 2.43. The van der Waals surface area contributed by atoms with Crippen LogP contribution in [0.1, 0.15) is 50.0 Å². The molecule has 0 radical (unpaired) electrons. The van der Waals surface area contributed by atoms with Gasteiger partial charge in [0.1, 0.15) is 23.5 Å². The number of rotatable bonds is 4. The molecule has 1 amide bonds. The summed E-state index contributed by atoms with van der Waals surface area (Å²) in [4.78, 5) is 39.8. The summed E-state index contributed by atoms with van der Waals surface area (Å²) in [5.41, 5.74) is 1.23. The van der Waals surface area contributed by atoms with E-state index >= 15 is 0 Å². The number of hydrogen-bond donors (Lipinski definition) is 0. The lowest BCUT2D eigenvalue weighted by Gasteiger charge is -2.23. The Bertz CT molecular complexity index is 1070. The SMILES string of the molecule is BC(=O)N(C)c1cc2c(c(OCOC)c1)C(=O)O[C@@H](C)[C@H](C)/C=C\C(=O)C1OC(C)(C)O[C@H]1C/C=C/2. The van der Waals surface area contributed by atoms with Crippen molar-refractivity contribution in [3.05, 3.63) is 41.5 Å². The molecule has 1 fully saturated rings. The molecular weight excluding hydrogens is 465 g/mol. The zero-order valence-electron chi connectivity index (χ0n) is 21.9. The summed E-state index contributed by atoms with van der Waals surface area (Å²) >= 11 is 0. The summed E-state index contributed by atoms with van der Waals surface area (Å²) in [6.07, 6.45) is 5.27. The van der Waals surface area contributed by atoms with Gasteiger partial charge in [-0.15, -0.1) is 0 Å². The molecule has 1 saturated heterocycles. The Kier molecular flexibility index (Phi) is 8.76. The van der Waals surface area contributed by atoms with E-state index in [9.17, 15) is 14.4 Å². The van der Waals surface area contributed by atoms with Crippen LogP contribution in [0, 0.1) is 5.92 Å². The van der Waals surface area contributed by atoms with E-state index in [1.165, 1.54) is 25.9 Å². The van der Waals surface area contributed by atoms with Crippen molar-refractivity contribution in [3.8, 4) is 5.75 Å². The first kappa shape index (κ1) is 27.6. The molecule has 1 aromatic carbocycles. The standard InChI is InChI=1S/C26H34BNO8/c1-15-10-11-19(29)23-20(35-26(3,4)36-23)9-7-8-17-12-18(28(5)25(27)31)13-21(33-14-32-6)22(17)24(30)34-16(15)2/h7-8,10-13,15-16,20,23H,9,14,27H2,1-6H3/b8-7+,11-10-/t15-,16+,20+,23?/m1/s1. The van der Waals surface area contributed by atoms with Gasteiger partial charge in [0, 0.05) is 31.8 Å². The maximum atomic E-state index is 13.4. The van der Waals surface area contributed by atoms with Crippen LogP contribution in [0.25, 0.3) is 6.08 Å². The largest absolute Gasteiger partial charge is 0.467 e. The van der Waals surface area contributed by atoms with E-state index in [1.54, 1.807) is 58.2 Å². The van der Waals surface area contributed by atoms with Gasteiger partial charge in [-0.1, -0.05) is 25.2 Å². The molecule has 0 aliphatic carbocycles. The summed E-state index contributed by atoms with van der Waals surface area (Å²) < 4.78 is 28.5. The van der Waals surface area contributed by atoms with Gasteiger partial charge in [0.05, 0.1) is 6.10 Å². The number of ether oxygens (including phenoxy) is 5. The van der Waals surface area contributed by atoms with Crippen molar-refractivity contribution >= 4 is 37.2 Å². The average Bonchev–Trinajstić information content (AvgIpc) is 3.13. The molecule has 2 aliphatic heterocycles. The number of carbonyl (C=O) groups is 3. The molecule has 10 heteroatoms. The van der Waals surface area contributed by atoms with Gasteiger partial charge < -0.3 is 28.6 Å². The van der Waals surface area contributed by atoms with Crippen molar-refractivity contribution in [3.63, 3.8) is 0 Å². The van der Waals surface area contributed by atoms with Crippen LogP contribution >= 0.6 is 0 Å². The van der Waals surface area contributed by atoms with Gasteiger partial charge in [-0.25, -0.2) is 4.79 Å². The first-order chi connectivity index (χ1) is 16.9. The summed E-state index contributed by atoms with van der Waals surface area (Å²) in [6, 6.07) is 3.32. The molecule has 2 aliphatic rings. The van der Waals surface area contributed by atoms with E-state index in [0.29, 0.717) is 17.7 Å². The fourth-order valence-corrected chi connectivity index (χ4v) is 3.99. The second-order valence-electron chi connectivity index (χ2n) is 9.50. The molecule has 4 atom stereocenters. The van der Waals surface area contributed by atoms with Crippen LogP contribution in [-0.2, 0) is 23.7 Å². The molecule has 0 N–H and O–H groups in total. The highest BCUT2D eigenvalue weighted by molar-refractivity contribution is 6.60. The third-order valence-electron chi connectivity index (χ3n) is 6.24. The smallest absolute Gasteiger partial charge is 0.342 e. The number of fused-ring (bicyclic) bond motifs is 2. The number of benzene rings is 1. The van der Waals surface area contributed by atoms with Crippen LogP contribution < -0.4 is 9.64 Å². The molecular formula is C26H34BNO8. The van der Waals surface area contributed by atoms with Crippen molar-refractivity contribution in [2.75, 3.05) is 25.9 Å². The van der Waals surface area contributed by atoms with E-state index in [0.717, 1.165) is 0 Å². The van der Waals surface area contributed by atoms with Crippen LogP contribution in [0.2, 0.25) is 0 Å². The van der Waals surface area contributed by atoms with Crippen LogP contribution in [0.3, 0.4) is 0 Å². The Hall–Kier alpha value is -2.95. The Balaban J connectivity index is 2.13.